The van der Waals surface area contributed by atoms with Gasteiger partial charge in [-0.15, -0.1) is 0 Å². The van der Waals surface area contributed by atoms with Crippen LogP contribution in [0, 0.1) is 34.5 Å². The van der Waals surface area contributed by atoms with E-state index < -0.39 is 83.2 Å². The van der Waals surface area contributed by atoms with Crippen LogP contribution in [0.1, 0.15) is 107 Å². The van der Waals surface area contributed by atoms with Crippen molar-refractivity contribution in [3.63, 3.8) is 0 Å². The minimum absolute atomic E-state index is 0.0718. The van der Waals surface area contributed by atoms with E-state index in [1.807, 2.05) is 54.5 Å². The molecular weight excluding hydrogens is 568 g/mol. The lowest BCUT2D eigenvalue weighted by Gasteiger charge is -2.58. The van der Waals surface area contributed by atoms with Gasteiger partial charge in [0.2, 0.25) is 0 Å². The van der Waals surface area contributed by atoms with Crippen LogP contribution in [0.5, 0.6) is 0 Å². The zero-order valence-electron chi connectivity index (χ0n) is 28.0. The quantitative estimate of drug-likeness (QED) is 0.189. The van der Waals surface area contributed by atoms with Crippen molar-refractivity contribution < 1.29 is 48.3 Å². The van der Waals surface area contributed by atoms with E-state index in [9.17, 15) is 29.4 Å². The van der Waals surface area contributed by atoms with Crippen molar-refractivity contribution >= 4 is 23.9 Å². The van der Waals surface area contributed by atoms with Crippen LogP contribution in [0.15, 0.2) is 11.6 Å². The third-order valence-corrected chi connectivity index (χ3v) is 10.3. The lowest BCUT2D eigenvalue weighted by Crippen LogP contribution is -2.63. The number of hydrogen-bond donors (Lipinski definition) is 2. The van der Waals surface area contributed by atoms with Crippen molar-refractivity contribution in [1.29, 1.82) is 0 Å². The summed E-state index contributed by atoms with van der Waals surface area (Å²) in [5, 5.41) is 23.7. The number of esters is 4. The lowest BCUT2D eigenvalue weighted by molar-refractivity contribution is -0.223. The van der Waals surface area contributed by atoms with Crippen molar-refractivity contribution in [2.45, 2.75) is 144 Å². The maximum Gasteiger partial charge on any atom is 0.306 e. The molecule has 0 bridgehead atoms. The molecule has 2 fully saturated rings. The molecule has 3 aliphatic carbocycles. The SMILES string of the molecule is CCCC(=O)O[C@@H]1[C@H](C(C)C)[C@@H]2[C@H]3C=C(C)[C@H](O)[C@H](OC(C)=O)[C@@H](OC(=O)CCC)[C@]3(C)C[C@H](OC(=O)CCC)[C@]2(C)[C@H]1O. The summed E-state index contributed by atoms with van der Waals surface area (Å²) in [5.41, 5.74) is -1.53. The second-order valence-corrected chi connectivity index (χ2v) is 13.9. The molecule has 44 heavy (non-hydrogen) atoms. The van der Waals surface area contributed by atoms with E-state index >= 15 is 0 Å². The molecule has 3 rings (SSSR count). The predicted octanol–water partition coefficient (Wildman–Crippen LogP) is 4.67. The summed E-state index contributed by atoms with van der Waals surface area (Å²) in [7, 11) is 0. The monoisotopic (exact) mass is 622 g/mol. The van der Waals surface area contributed by atoms with Gasteiger partial charge in [0, 0.05) is 42.9 Å². The summed E-state index contributed by atoms with van der Waals surface area (Å²) in [4.78, 5) is 51.4. The Balaban J connectivity index is 2.31. The Kier molecular flexibility index (Phi) is 11.7. The highest BCUT2D eigenvalue weighted by Crippen LogP contribution is 2.67. The number of rotatable bonds is 11. The van der Waals surface area contributed by atoms with Crippen LogP contribution < -0.4 is 0 Å². The summed E-state index contributed by atoms with van der Waals surface area (Å²) in [6.45, 7) is 16.4. The number of ether oxygens (including phenoxy) is 4. The Labute approximate surface area is 262 Å². The minimum atomic E-state index is -1.27. The molecule has 0 heterocycles. The number of fused-ring (bicyclic) bond motifs is 3. The van der Waals surface area contributed by atoms with Crippen LogP contribution in [0.4, 0.5) is 0 Å². The van der Waals surface area contributed by atoms with Crippen molar-refractivity contribution in [1.82, 2.24) is 0 Å². The van der Waals surface area contributed by atoms with Gasteiger partial charge in [0.25, 0.3) is 0 Å². The Morgan fingerprint density at radius 2 is 1.39 bits per heavy atom. The number of aliphatic hydroxyl groups is 2. The van der Waals surface area contributed by atoms with Crippen LogP contribution in [-0.4, -0.2) is 70.7 Å². The first-order valence-corrected chi connectivity index (χ1v) is 16.4. The van der Waals surface area contributed by atoms with Gasteiger partial charge in [0.05, 0.1) is 0 Å². The molecule has 0 spiro atoms. The average molecular weight is 623 g/mol. The Hall–Kier alpha value is -2.46. The molecule has 10 nitrogen and oxygen atoms in total. The molecule has 0 aromatic rings. The van der Waals surface area contributed by atoms with E-state index in [2.05, 4.69) is 0 Å². The maximum absolute atomic E-state index is 13.1. The highest BCUT2D eigenvalue weighted by Gasteiger charge is 2.72. The van der Waals surface area contributed by atoms with E-state index in [-0.39, 0.29) is 37.5 Å². The van der Waals surface area contributed by atoms with Gasteiger partial charge in [-0.3, -0.25) is 19.2 Å². The molecule has 10 heteroatoms. The summed E-state index contributed by atoms with van der Waals surface area (Å²) in [6, 6.07) is 0. The molecule has 0 aromatic carbocycles. The Morgan fingerprint density at radius 3 is 1.89 bits per heavy atom. The first kappa shape index (κ1) is 36.0. The van der Waals surface area contributed by atoms with E-state index in [0.29, 0.717) is 24.8 Å². The van der Waals surface area contributed by atoms with E-state index in [0.717, 1.165) is 0 Å². The zero-order valence-corrected chi connectivity index (χ0v) is 28.0. The zero-order chi connectivity index (χ0) is 33.1. The molecule has 0 saturated heterocycles. The predicted molar refractivity (Wildman–Crippen MR) is 162 cm³/mol. The first-order chi connectivity index (χ1) is 20.6. The summed E-state index contributed by atoms with van der Waals surface area (Å²) < 4.78 is 24.1. The fourth-order valence-corrected chi connectivity index (χ4v) is 8.23. The molecule has 0 amide bonds. The fraction of sp³-hybridized carbons (Fsp3) is 0.824. The average Bonchev–Trinajstić information content (AvgIpc) is 3.11. The van der Waals surface area contributed by atoms with Gasteiger partial charge in [-0.2, -0.15) is 0 Å². The summed E-state index contributed by atoms with van der Waals surface area (Å²) in [5.74, 6) is -3.27. The van der Waals surface area contributed by atoms with Gasteiger partial charge in [-0.25, -0.2) is 0 Å². The maximum atomic E-state index is 13.1. The smallest absolute Gasteiger partial charge is 0.306 e. The molecule has 2 saturated carbocycles. The second kappa shape index (κ2) is 14.3. The first-order valence-electron chi connectivity index (χ1n) is 16.4. The molecule has 0 unspecified atom stereocenters. The van der Waals surface area contributed by atoms with Crippen molar-refractivity contribution in [2.24, 2.45) is 34.5 Å². The van der Waals surface area contributed by atoms with Crippen LogP contribution in [0.25, 0.3) is 0 Å². The normalized spacial score (nSPS) is 38.1. The number of aliphatic hydroxyl groups excluding tert-OH is 2. The van der Waals surface area contributed by atoms with Crippen LogP contribution >= 0.6 is 0 Å². The van der Waals surface area contributed by atoms with Gasteiger partial charge in [-0.1, -0.05) is 54.5 Å². The van der Waals surface area contributed by atoms with Gasteiger partial charge in [0.15, 0.2) is 6.10 Å². The fourth-order valence-electron chi connectivity index (χ4n) is 8.23. The molecule has 11 atom stereocenters. The van der Waals surface area contributed by atoms with Gasteiger partial charge >= 0.3 is 23.9 Å². The Bertz CT molecular complexity index is 1100. The molecule has 250 valence electrons. The second-order valence-electron chi connectivity index (χ2n) is 13.9. The van der Waals surface area contributed by atoms with Crippen LogP contribution in [0.2, 0.25) is 0 Å². The van der Waals surface area contributed by atoms with E-state index in [1.54, 1.807) is 6.92 Å². The van der Waals surface area contributed by atoms with Crippen molar-refractivity contribution in [3.05, 3.63) is 11.6 Å². The molecule has 0 aliphatic heterocycles. The molecule has 0 radical (unpaired) electrons. The van der Waals surface area contributed by atoms with E-state index in [1.165, 1.54) is 6.92 Å². The standard InChI is InChI=1S/C34H54O10/c1-10-13-23(36)42-22-17-33(8)21(16-19(6)28(39)30(41-20(7)35)32(33)44-25(38)15-12-3)27-26(18(4)5)29(31(40)34(22,27)9)43-24(37)14-11-2/h16,18,21-22,26-32,39-40H,10-15,17H2,1-9H3/t21-,22+,26-,27+,28+,29-,30+,31+,32-,33-,34+/m1/s1. The topological polar surface area (TPSA) is 146 Å². The third kappa shape index (κ3) is 6.71. The minimum Gasteiger partial charge on any atom is -0.462 e. The number of carbonyl (C=O) groups excluding carboxylic acids is 4. The highest BCUT2D eigenvalue weighted by molar-refractivity contribution is 5.71. The van der Waals surface area contributed by atoms with Gasteiger partial charge in [0.1, 0.15) is 30.5 Å². The largest absolute Gasteiger partial charge is 0.462 e. The third-order valence-electron chi connectivity index (χ3n) is 10.3. The molecule has 2 N–H and O–H groups in total. The van der Waals surface area contributed by atoms with Gasteiger partial charge in [-0.05, 0) is 55.9 Å². The molecule has 3 aliphatic rings. The van der Waals surface area contributed by atoms with Gasteiger partial charge < -0.3 is 29.2 Å². The number of carbonyl (C=O) groups is 4. The van der Waals surface area contributed by atoms with Crippen LogP contribution in [-0.2, 0) is 38.1 Å². The molecular formula is C34H54O10. The summed E-state index contributed by atoms with van der Waals surface area (Å²) >= 11 is 0. The molecule has 0 aromatic heterocycles. The number of hydrogen-bond acceptors (Lipinski definition) is 10. The van der Waals surface area contributed by atoms with Crippen molar-refractivity contribution in [2.75, 3.05) is 0 Å². The Morgan fingerprint density at radius 1 is 0.864 bits per heavy atom. The lowest BCUT2D eigenvalue weighted by atomic mass is 9.49. The van der Waals surface area contributed by atoms with Crippen molar-refractivity contribution in [3.8, 4) is 0 Å². The van der Waals surface area contributed by atoms with Crippen LogP contribution in [0.3, 0.4) is 0 Å². The summed E-state index contributed by atoms with van der Waals surface area (Å²) in [6.07, 6.45) is -2.15. The number of allylic oxidation sites excluding steroid dienone is 1. The van der Waals surface area contributed by atoms with E-state index in [4.69, 9.17) is 18.9 Å². The highest BCUT2D eigenvalue weighted by atomic mass is 16.6.